The van der Waals surface area contributed by atoms with Crippen LogP contribution in [0.15, 0.2) is 68.9 Å². The van der Waals surface area contributed by atoms with Crippen molar-refractivity contribution in [3.8, 4) is 0 Å². The molecule has 0 aromatic heterocycles. The Morgan fingerprint density at radius 2 is 1.00 bits per heavy atom. The van der Waals surface area contributed by atoms with Crippen LogP contribution in [0.2, 0.25) is 0 Å². The monoisotopic (exact) mass is 526 g/mol. The van der Waals surface area contributed by atoms with E-state index in [9.17, 15) is 8.78 Å². The Labute approximate surface area is 192 Å². The van der Waals surface area contributed by atoms with Gasteiger partial charge in [0.2, 0.25) is 0 Å². The van der Waals surface area contributed by atoms with Gasteiger partial charge in [-0.15, -0.1) is 0 Å². The Morgan fingerprint density at radius 3 is 1.28 bits per heavy atom. The third-order valence-corrected chi connectivity index (χ3v) is 3.29. The van der Waals surface area contributed by atoms with E-state index >= 15 is 0 Å². The second-order valence-electron chi connectivity index (χ2n) is 5.21. The summed E-state index contributed by atoms with van der Waals surface area (Å²) < 4.78 is 26.4. The van der Waals surface area contributed by atoms with Gasteiger partial charge in [-0.1, -0.05) is 36.4 Å². The topological polar surface area (TPSA) is 101 Å². The van der Waals surface area contributed by atoms with E-state index in [-0.39, 0.29) is 42.4 Å². The van der Waals surface area contributed by atoms with Crippen LogP contribution in [0.4, 0.5) is 8.78 Å². The summed E-state index contributed by atoms with van der Waals surface area (Å²) in [5.74, 6) is -0.682. The van der Waals surface area contributed by atoms with Crippen LogP contribution in [0.1, 0.15) is 25.0 Å². The molecular weight excluding hydrogens is 509 g/mol. The fourth-order valence-electron chi connectivity index (χ4n) is 1.87. The van der Waals surface area contributed by atoms with Gasteiger partial charge in [0, 0.05) is 11.1 Å². The number of nitrogens with two attached hydrogens (primary N) is 2. The van der Waals surface area contributed by atoms with Gasteiger partial charge >= 0.3 is 20.4 Å². The van der Waals surface area contributed by atoms with E-state index in [1.165, 1.54) is 12.1 Å². The van der Waals surface area contributed by atoms with Gasteiger partial charge < -0.3 is 36.7 Å². The smallest absolute Gasteiger partial charge is 0.741 e. The third-order valence-electron chi connectivity index (χ3n) is 3.12. The van der Waals surface area contributed by atoms with Gasteiger partial charge in [-0.3, -0.25) is 0 Å². The molecule has 2 aromatic rings. The normalized spacial score (nSPS) is 12.6. The molecule has 0 aliphatic rings. The van der Waals surface area contributed by atoms with Crippen molar-refractivity contribution < 1.29 is 29.2 Å². The van der Waals surface area contributed by atoms with Gasteiger partial charge in [0.15, 0.2) is 0 Å². The Balaban J connectivity index is 0.000000523. The minimum absolute atomic E-state index is 0. The molecule has 2 rings (SSSR count). The number of halogens is 2. The fraction of sp³-hybridized carbons (Fsp3) is 0.111. The zero-order chi connectivity index (χ0) is 21.1. The van der Waals surface area contributed by atoms with Crippen LogP contribution in [-0.4, -0.2) is 21.8 Å². The molecule has 0 spiro atoms. The maximum atomic E-state index is 13.2. The van der Waals surface area contributed by atoms with Gasteiger partial charge in [-0.2, -0.15) is 20.4 Å². The molecular formula is C18H18F2N6PdS2. The van der Waals surface area contributed by atoms with Gasteiger partial charge in [-0.05, 0) is 36.3 Å². The van der Waals surface area contributed by atoms with Crippen molar-refractivity contribution >= 4 is 47.0 Å². The number of rotatable bonds is 4. The van der Waals surface area contributed by atoms with Crippen molar-refractivity contribution in [3.05, 3.63) is 71.3 Å². The third kappa shape index (κ3) is 10.1. The standard InChI is InChI=1S/2C9H10FN3S.Pd/c2*1-6(12-13-9(11)14)7-4-2-3-5-8(7)10;/h2*2-5H,1H3,(H3,11,13,14);/q;;+2/p-2/b2*12-6+;. The molecule has 0 fully saturated rings. The van der Waals surface area contributed by atoms with Crippen LogP contribution in [-0.2, 0) is 45.7 Å². The molecule has 156 valence electrons. The van der Waals surface area contributed by atoms with Crippen molar-refractivity contribution in [2.24, 2.45) is 31.9 Å². The van der Waals surface area contributed by atoms with Crippen LogP contribution in [0.3, 0.4) is 0 Å². The quantitative estimate of drug-likeness (QED) is 0.210. The summed E-state index contributed by atoms with van der Waals surface area (Å²) in [5.41, 5.74) is 11.9. The van der Waals surface area contributed by atoms with Crippen LogP contribution in [0.5, 0.6) is 0 Å². The van der Waals surface area contributed by atoms with E-state index in [0.717, 1.165) is 0 Å². The summed E-state index contributed by atoms with van der Waals surface area (Å²) in [6.45, 7) is 3.28. The van der Waals surface area contributed by atoms with E-state index in [4.69, 9.17) is 11.5 Å². The molecule has 0 heterocycles. The maximum absolute atomic E-state index is 13.2. The molecule has 0 unspecified atom stereocenters. The summed E-state index contributed by atoms with van der Waals surface area (Å²) in [7, 11) is 0. The Bertz CT molecular complexity index is 849. The van der Waals surface area contributed by atoms with Crippen molar-refractivity contribution in [3.63, 3.8) is 0 Å². The van der Waals surface area contributed by atoms with Gasteiger partial charge in [0.05, 0.1) is 11.4 Å². The number of hydrogen-bond donors (Lipinski definition) is 2. The molecule has 4 N–H and O–H groups in total. The van der Waals surface area contributed by atoms with Crippen LogP contribution in [0.25, 0.3) is 0 Å². The first-order valence-corrected chi connectivity index (χ1v) is 8.63. The summed E-state index contributed by atoms with van der Waals surface area (Å²) in [6.07, 6.45) is 0. The molecule has 0 aliphatic heterocycles. The van der Waals surface area contributed by atoms with Gasteiger partial charge in [-0.25, -0.2) is 8.78 Å². The van der Waals surface area contributed by atoms with E-state index in [2.05, 4.69) is 45.7 Å². The molecule has 0 saturated carbocycles. The molecule has 0 saturated heterocycles. The molecule has 6 nitrogen and oxygen atoms in total. The molecule has 0 aliphatic carbocycles. The van der Waals surface area contributed by atoms with E-state index in [1.807, 2.05) is 0 Å². The van der Waals surface area contributed by atoms with Crippen LogP contribution >= 0.6 is 0 Å². The Kier molecular flexibility index (Phi) is 12.7. The first kappa shape index (κ1) is 26.7. The minimum Gasteiger partial charge on any atom is -0.741 e. The first-order chi connectivity index (χ1) is 13.2. The van der Waals surface area contributed by atoms with E-state index < -0.39 is 0 Å². The summed E-state index contributed by atoms with van der Waals surface area (Å²) in [5, 5.41) is 14.2. The predicted octanol–water partition coefficient (Wildman–Crippen LogP) is 2.82. The summed E-state index contributed by atoms with van der Waals surface area (Å²) in [4.78, 5) is 0. The average molecular weight is 527 g/mol. The molecule has 29 heavy (non-hydrogen) atoms. The number of amidine groups is 2. The van der Waals surface area contributed by atoms with Crippen molar-refractivity contribution in [2.45, 2.75) is 13.8 Å². The molecule has 11 heteroatoms. The molecule has 0 atom stereocenters. The van der Waals surface area contributed by atoms with E-state index in [0.29, 0.717) is 22.6 Å². The second-order valence-corrected chi connectivity index (χ2v) is 6.04. The summed E-state index contributed by atoms with van der Waals surface area (Å²) in [6, 6.07) is 12.6. The number of nitrogens with zero attached hydrogens (tertiary/aromatic N) is 4. The minimum atomic E-state index is -0.341. The molecule has 2 aromatic carbocycles. The molecule has 0 radical (unpaired) electrons. The van der Waals surface area contributed by atoms with Crippen LogP contribution in [0, 0.1) is 11.6 Å². The average Bonchev–Trinajstić information content (AvgIpc) is 2.65. The zero-order valence-electron chi connectivity index (χ0n) is 15.5. The maximum Gasteiger partial charge on any atom is 2.00 e. The molecule has 0 amide bonds. The van der Waals surface area contributed by atoms with Crippen LogP contribution < -0.4 is 11.5 Å². The Morgan fingerprint density at radius 1 is 0.690 bits per heavy atom. The second kappa shape index (κ2) is 13.8. The number of benzene rings is 2. The number of hydrogen-bond acceptors (Lipinski definition) is 6. The Hall–Kier alpha value is -2.32. The predicted molar refractivity (Wildman–Crippen MR) is 115 cm³/mol. The van der Waals surface area contributed by atoms with E-state index in [1.54, 1.807) is 50.2 Å². The van der Waals surface area contributed by atoms with Crippen molar-refractivity contribution in [1.29, 1.82) is 0 Å². The largest absolute Gasteiger partial charge is 2.00 e. The van der Waals surface area contributed by atoms with Crippen molar-refractivity contribution in [2.75, 3.05) is 0 Å². The fourth-order valence-corrected chi connectivity index (χ4v) is 1.95. The van der Waals surface area contributed by atoms with Crippen molar-refractivity contribution in [1.82, 2.24) is 0 Å². The first-order valence-electron chi connectivity index (χ1n) is 7.81. The summed E-state index contributed by atoms with van der Waals surface area (Å²) >= 11 is 9.01. The van der Waals surface area contributed by atoms with Gasteiger partial charge in [0.1, 0.15) is 11.6 Å². The molecule has 0 bridgehead atoms. The zero-order valence-corrected chi connectivity index (χ0v) is 18.6. The SMILES string of the molecule is C/C(=N\N=C(\N)[S-])c1ccccc1F.C/C(=N\N=C(\N)[S-])c1ccccc1F.[Pd+2]. The van der Waals surface area contributed by atoms with Gasteiger partial charge in [0.25, 0.3) is 0 Å².